The molecule has 5 heteroatoms. The van der Waals surface area contributed by atoms with Crippen molar-refractivity contribution in [2.75, 3.05) is 11.9 Å². The molecule has 1 heterocycles. The molecule has 4 nitrogen and oxygen atoms in total. The number of aliphatic hydroxyl groups is 1. The number of thiazole rings is 1. The number of hydrogen-bond donors (Lipinski definition) is 2. The van der Waals surface area contributed by atoms with Crippen molar-refractivity contribution in [2.45, 2.75) is 38.5 Å². The minimum Gasteiger partial charge on any atom is -0.395 e. The molecule has 19 heavy (non-hydrogen) atoms. The Balaban J connectivity index is 1.89. The second-order valence-electron chi connectivity index (χ2n) is 4.63. The minimum atomic E-state index is 0.0665. The van der Waals surface area contributed by atoms with E-state index in [0.717, 1.165) is 30.6 Å². The molecule has 102 valence electrons. The summed E-state index contributed by atoms with van der Waals surface area (Å²) in [6.45, 7) is 0.0665. The van der Waals surface area contributed by atoms with E-state index in [2.05, 4.69) is 22.1 Å². The summed E-state index contributed by atoms with van der Waals surface area (Å²) in [6.07, 6.45) is 7.63. The molecular formula is C14H18N2O2S. The molecule has 0 saturated heterocycles. The fourth-order valence-electron chi connectivity index (χ4n) is 2.17. The van der Waals surface area contributed by atoms with Crippen LogP contribution in [0.1, 0.15) is 43.4 Å². The third-order valence-corrected chi connectivity index (χ3v) is 3.99. The average Bonchev–Trinajstić information content (AvgIpc) is 2.88. The summed E-state index contributed by atoms with van der Waals surface area (Å²) in [7, 11) is 0. The first-order valence-electron chi connectivity index (χ1n) is 6.66. The molecule has 1 aromatic rings. The van der Waals surface area contributed by atoms with Crippen molar-refractivity contribution in [1.82, 2.24) is 4.98 Å². The van der Waals surface area contributed by atoms with Crippen molar-refractivity contribution in [3.8, 4) is 11.8 Å². The van der Waals surface area contributed by atoms with Crippen LogP contribution in [0.25, 0.3) is 0 Å². The van der Waals surface area contributed by atoms with E-state index in [1.807, 2.05) is 0 Å². The number of amides is 1. The Hall–Kier alpha value is -1.38. The number of nitrogens with zero attached hydrogens (tertiary/aromatic N) is 1. The van der Waals surface area contributed by atoms with E-state index in [0.29, 0.717) is 11.6 Å². The van der Waals surface area contributed by atoms with Gasteiger partial charge >= 0.3 is 0 Å². The second kappa shape index (κ2) is 7.27. The van der Waals surface area contributed by atoms with Crippen LogP contribution in [0.3, 0.4) is 0 Å². The normalized spacial score (nSPS) is 15.6. The van der Waals surface area contributed by atoms with Crippen LogP contribution in [-0.4, -0.2) is 22.6 Å². The standard InChI is InChI=1S/C14H18N2O2S/c17-9-5-4-8-12-10-15-14(19-12)16-13(18)11-6-2-1-3-7-11/h10-11,17H,1-3,5-7,9H2,(H,15,16,18). The summed E-state index contributed by atoms with van der Waals surface area (Å²) in [5.74, 6) is 5.98. The Kier molecular flexibility index (Phi) is 5.37. The van der Waals surface area contributed by atoms with E-state index >= 15 is 0 Å². The van der Waals surface area contributed by atoms with Gasteiger partial charge in [0.1, 0.15) is 0 Å². The number of nitrogens with one attached hydrogen (secondary N) is 1. The summed E-state index contributed by atoms with van der Waals surface area (Å²) >= 11 is 1.38. The summed E-state index contributed by atoms with van der Waals surface area (Å²) in [5, 5.41) is 12.1. The van der Waals surface area contributed by atoms with E-state index in [1.165, 1.54) is 17.8 Å². The highest BCUT2D eigenvalue weighted by Crippen LogP contribution is 2.25. The number of hydrogen-bond acceptors (Lipinski definition) is 4. The molecule has 0 aromatic carbocycles. The lowest BCUT2D eigenvalue weighted by Crippen LogP contribution is -2.24. The summed E-state index contributed by atoms with van der Waals surface area (Å²) in [4.78, 5) is 17.0. The first-order chi connectivity index (χ1) is 9.29. The number of aliphatic hydroxyl groups excluding tert-OH is 1. The molecule has 0 bridgehead atoms. The maximum Gasteiger partial charge on any atom is 0.229 e. The van der Waals surface area contributed by atoms with Crippen molar-refractivity contribution in [3.05, 3.63) is 11.1 Å². The highest BCUT2D eigenvalue weighted by atomic mass is 32.1. The van der Waals surface area contributed by atoms with Crippen molar-refractivity contribution in [3.63, 3.8) is 0 Å². The van der Waals surface area contributed by atoms with E-state index in [1.54, 1.807) is 6.20 Å². The van der Waals surface area contributed by atoms with E-state index < -0.39 is 0 Å². The van der Waals surface area contributed by atoms with Gasteiger partial charge in [-0.25, -0.2) is 4.98 Å². The first kappa shape index (κ1) is 14.0. The topological polar surface area (TPSA) is 62.2 Å². The van der Waals surface area contributed by atoms with Gasteiger partial charge in [-0.3, -0.25) is 4.79 Å². The molecule has 0 unspecified atom stereocenters. The molecule has 1 amide bonds. The monoisotopic (exact) mass is 278 g/mol. The predicted molar refractivity (Wildman–Crippen MR) is 75.9 cm³/mol. The smallest absolute Gasteiger partial charge is 0.229 e. The van der Waals surface area contributed by atoms with Gasteiger partial charge in [-0.1, -0.05) is 42.4 Å². The highest BCUT2D eigenvalue weighted by molar-refractivity contribution is 7.16. The third-order valence-electron chi connectivity index (χ3n) is 3.16. The Labute approximate surface area is 117 Å². The van der Waals surface area contributed by atoms with Crippen molar-refractivity contribution < 1.29 is 9.90 Å². The minimum absolute atomic E-state index is 0.0665. The SMILES string of the molecule is O=C(Nc1ncc(C#CCCO)s1)C1CCCCC1. The van der Waals surface area contributed by atoms with Gasteiger partial charge < -0.3 is 10.4 Å². The average molecular weight is 278 g/mol. The fourth-order valence-corrected chi connectivity index (χ4v) is 2.86. The maximum atomic E-state index is 12.0. The number of carbonyl (C=O) groups excluding carboxylic acids is 1. The molecule has 1 saturated carbocycles. The molecule has 0 atom stereocenters. The van der Waals surface area contributed by atoms with Crippen LogP contribution in [0, 0.1) is 17.8 Å². The number of aromatic nitrogens is 1. The van der Waals surface area contributed by atoms with E-state index in [-0.39, 0.29) is 18.4 Å². The molecule has 0 aliphatic heterocycles. The van der Waals surface area contributed by atoms with E-state index in [4.69, 9.17) is 5.11 Å². The lowest BCUT2D eigenvalue weighted by Gasteiger charge is -2.19. The van der Waals surface area contributed by atoms with Gasteiger partial charge in [0, 0.05) is 12.3 Å². The van der Waals surface area contributed by atoms with Gasteiger partial charge in [-0.15, -0.1) is 0 Å². The molecule has 2 N–H and O–H groups in total. The van der Waals surface area contributed by atoms with Crippen LogP contribution in [0.4, 0.5) is 5.13 Å². The summed E-state index contributed by atoms with van der Waals surface area (Å²) in [5.41, 5.74) is 0. The summed E-state index contributed by atoms with van der Waals surface area (Å²) < 4.78 is 0. The highest BCUT2D eigenvalue weighted by Gasteiger charge is 2.21. The molecule has 1 aliphatic rings. The fraction of sp³-hybridized carbons (Fsp3) is 0.571. The Bertz CT molecular complexity index is 481. The van der Waals surface area contributed by atoms with E-state index in [9.17, 15) is 4.79 Å². The zero-order chi connectivity index (χ0) is 13.5. The van der Waals surface area contributed by atoms with Crippen LogP contribution < -0.4 is 5.32 Å². The molecule has 0 radical (unpaired) electrons. The largest absolute Gasteiger partial charge is 0.395 e. The first-order valence-corrected chi connectivity index (χ1v) is 7.47. The lowest BCUT2D eigenvalue weighted by atomic mass is 9.89. The zero-order valence-electron chi connectivity index (χ0n) is 10.8. The van der Waals surface area contributed by atoms with Crippen molar-refractivity contribution in [2.24, 2.45) is 5.92 Å². The van der Waals surface area contributed by atoms with Crippen LogP contribution in [0.2, 0.25) is 0 Å². The number of rotatable bonds is 3. The van der Waals surface area contributed by atoms with Crippen LogP contribution in [0.5, 0.6) is 0 Å². The van der Waals surface area contributed by atoms with Crippen LogP contribution in [-0.2, 0) is 4.79 Å². The van der Waals surface area contributed by atoms with Crippen LogP contribution in [0.15, 0.2) is 6.20 Å². The number of carbonyl (C=O) groups is 1. The molecular weight excluding hydrogens is 260 g/mol. The quantitative estimate of drug-likeness (QED) is 0.835. The van der Waals surface area contributed by atoms with Gasteiger partial charge in [0.2, 0.25) is 5.91 Å². The van der Waals surface area contributed by atoms with Gasteiger partial charge in [0.05, 0.1) is 17.7 Å². The molecule has 2 rings (SSSR count). The molecule has 1 aliphatic carbocycles. The zero-order valence-corrected chi connectivity index (χ0v) is 11.6. The Morgan fingerprint density at radius 3 is 3.00 bits per heavy atom. The second-order valence-corrected chi connectivity index (χ2v) is 5.66. The molecule has 0 spiro atoms. The van der Waals surface area contributed by atoms with Gasteiger partial charge in [-0.2, -0.15) is 0 Å². The Morgan fingerprint density at radius 1 is 1.47 bits per heavy atom. The Morgan fingerprint density at radius 2 is 2.26 bits per heavy atom. The predicted octanol–water partition coefficient (Wildman–Crippen LogP) is 2.40. The van der Waals surface area contributed by atoms with Gasteiger partial charge in [-0.05, 0) is 12.8 Å². The molecule has 1 fully saturated rings. The number of anilines is 1. The van der Waals surface area contributed by atoms with Crippen molar-refractivity contribution >= 4 is 22.4 Å². The van der Waals surface area contributed by atoms with Crippen LogP contribution >= 0.6 is 11.3 Å². The van der Waals surface area contributed by atoms with Crippen molar-refractivity contribution in [1.29, 1.82) is 0 Å². The lowest BCUT2D eigenvalue weighted by molar-refractivity contribution is -0.120. The summed E-state index contributed by atoms with van der Waals surface area (Å²) in [6, 6.07) is 0. The maximum absolute atomic E-state index is 12.0. The van der Waals surface area contributed by atoms with Gasteiger partial charge in [0.15, 0.2) is 5.13 Å². The third kappa shape index (κ3) is 4.34. The molecule has 1 aromatic heterocycles. The van der Waals surface area contributed by atoms with Gasteiger partial charge in [0.25, 0.3) is 0 Å².